The van der Waals surface area contributed by atoms with Crippen LogP contribution in [-0.4, -0.2) is 21.5 Å². The number of hydrogen-bond donors (Lipinski definition) is 1. The van der Waals surface area contributed by atoms with Crippen LogP contribution in [0.25, 0.3) is 21.6 Å². The lowest BCUT2D eigenvalue weighted by Crippen LogP contribution is -2.06. The fourth-order valence-electron chi connectivity index (χ4n) is 2.78. The Bertz CT molecular complexity index is 1000. The van der Waals surface area contributed by atoms with Crippen LogP contribution in [0.3, 0.4) is 0 Å². The minimum atomic E-state index is 0.658. The number of nitrogens with zero attached hydrogens (tertiary/aromatic N) is 3. The Kier molecular flexibility index (Phi) is 5.09. The molecule has 0 radical (unpaired) electrons. The van der Waals surface area contributed by atoms with E-state index in [4.69, 9.17) is 16.6 Å². The average molecular weight is 381 g/mol. The van der Waals surface area contributed by atoms with Gasteiger partial charge in [-0.2, -0.15) is 0 Å². The minimum Gasteiger partial charge on any atom is -0.369 e. The van der Waals surface area contributed by atoms with Gasteiger partial charge in [-0.15, -0.1) is 11.3 Å². The zero-order valence-electron chi connectivity index (χ0n) is 14.0. The van der Waals surface area contributed by atoms with Gasteiger partial charge in [-0.05, 0) is 30.5 Å². The van der Waals surface area contributed by atoms with Crippen LogP contribution in [0.15, 0.2) is 60.2 Å². The number of aryl methyl sites for hydroxylation is 1. The number of benzene rings is 1. The number of nitrogens with one attached hydrogen (secondary N) is 1. The molecule has 3 aromatic heterocycles. The van der Waals surface area contributed by atoms with Crippen LogP contribution in [-0.2, 0) is 6.42 Å². The Balaban J connectivity index is 1.55. The molecule has 6 heteroatoms. The number of thiophene rings is 1. The van der Waals surface area contributed by atoms with Gasteiger partial charge in [0.05, 0.1) is 9.72 Å². The molecule has 1 aromatic carbocycles. The molecule has 0 aliphatic rings. The predicted octanol–water partition coefficient (Wildman–Crippen LogP) is 5.45. The highest BCUT2D eigenvalue weighted by Crippen LogP contribution is 2.34. The molecule has 4 nitrogen and oxygen atoms in total. The molecule has 0 saturated carbocycles. The highest BCUT2D eigenvalue weighted by atomic mass is 35.5. The van der Waals surface area contributed by atoms with Crippen LogP contribution in [0.2, 0.25) is 5.02 Å². The van der Waals surface area contributed by atoms with Crippen molar-refractivity contribution < 1.29 is 0 Å². The molecule has 0 aliphatic carbocycles. The van der Waals surface area contributed by atoms with Crippen molar-refractivity contribution in [2.24, 2.45) is 0 Å². The van der Waals surface area contributed by atoms with Crippen molar-refractivity contribution >= 4 is 39.0 Å². The standard InChI is InChI=1S/C20H17ClN4S/c21-16-13-26-18-17(16)24-19(15-8-11-22-12-9-15)25-20(18)23-10-4-7-14-5-2-1-3-6-14/h1-3,5-6,8-9,11-13H,4,7,10H2,(H,23,24,25). The molecule has 0 spiro atoms. The Morgan fingerprint density at radius 1 is 1.00 bits per heavy atom. The monoisotopic (exact) mass is 380 g/mol. The topological polar surface area (TPSA) is 50.7 Å². The first-order valence-corrected chi connectivity index (χ1v) is 9.70. The summed E-state index contributed by atoms with van der Waals surface area (Å²) in [6, 6.07) is 14.3. The van der Waals surface area contributed by atoms with Crippen molar-refractivity contribution in [3.05, 3.63) is 70.8 Å². The number of aromatic nitrogens is 3. The molecule has 0 fully saturated rings. The smallest absolute Gasteiger partial charge is 0.162 e. The Morgan fingerprint density at radius 2 is 1.81 bits per heavy atom. The maximum atomic E-state index is 6.33. The highest BCUT2D eigenvalue weighted by molar-refractivity contribution is 7.18. The fraction of sp³-hybridized carbons (Fsp3) is 0.150. The van der Waals surface area contributed by atoms with Crippen molar-refractivity contribution in [3.63, 3.8) is 0 Å². The third kappa shape index (κ3) is 3.69. The van der Waals surface area contributed by atoms with Gasteiger partial charge in [0.2, 0.25) is 0 Å². The van der Waals surface area contributed by atoms with Gasteiger partial charge in [-0.1, -0.05) is 41.9 Å². The van der Waals surface area contributed by atoms with Gasteiger partial charge < -0.3 is 5.32 Å². The normalized spacial score (nSPS) is 11.0. The van der Waals surface area contributed by atoms with E-state index in [2.05, 4.69) is 39.6 Å². The van der Waals surface area contributed by atoms with Gasteiger partial charge >= 0.3 is 0 Å². The number of hydrogen-bond acceptors (Lipinski definition) is 5. The largest absolute Gasteiger partial charge is 0.369 e. The summed E-state index contributed by atoms with van der Waals surface area (Å²) >= 11 is 7.89. The van der Waals surface area contributed by atoms with Gasteiger partial charge in [0, 0.05) is 29.9 Å². The lowest BCUT2D eigenvalue weighted by Gasteiger charge is -2.09. The van der Waals surface area contributed by atoms with Crippen LogP contribution < -0.4 is 5.32 Å². The Labute approximate surface area is 160 Å². The molecule has 0 atom stereocenters. The van der Waals surface area contributed by atoms with Crippen LogP contribution in [0.5, 0.6) is 0 Å². The van der Waals surface area contributed by atoms with E-state index in [-0.39, 0.29) is 0 Å². The van der Waals surface area contributed by atoms with E-state index in [0.29, 0.717) is 10.8 Å². The summed E-state index contributed by atoms with van der Waals surface area (Å²) in [6.45, 7) is 0.840. The van der Waals surface area contributed by atoms with E-state index in [1.54, 1.807) is 23.7 Å². The Hall–Kier alpha value is -2.50. The summed E-state index contributed by atoms with van der Waals surface area (Å²) in [7, 11) is 0. The van der Waals surface area contributed by atoms with Crippen molar-refractivity contribution in [2.45, 2.75) is 12.8 Å². The first-order valence-electron chi connectivity index (χ1n) is 8.44. The molecular weight excluding hydrogens is 364 g/mol. The Morgan fingerprint density at radius 3 is 2.62 bits per heavy atom. The first-order chi connectivity index (χ1) is 12.8. The summed E-state index contributed by atoms with van der Waals surface area (Å²) in [5, 5.41) is 6.04. The van der Waals surface area contributed by atoms with Crippen molar-refractivity contribution in [1.29, 1.82) is 0 Å². The van der Waals surface area contributed by atoms with E-state index in [9.17, 15) is 0 Å². The molecule has 26 heavy (non-hydrogen) atoms. The van der Waals surface area contributed by atoms with Crippen molar-refractivity contribution in [3.8, 4) is 11.4 Å². The third-order valence-electron chi connectivity index (χ3n) is 4.09. The second-order valence-corrected chi connectivity index (χ2v) is 7.20. The van der Waals surface area contributed by atoms with Gasteiger partial charge in [0.15, 0.2) is 5.82 Å². The average Bonchev–Trinajstić information content (AvgIpc) is 3.08. The van der Waals surface area contributed by atoms with Crippen LogP contribution in [0.1, 0.15) is 12.0 Å². The maximum absolute atomic E-state index is 6.33. The van der Waals surface area contributed by atoms with Gasteiger partial charge in [-0.3, -0.25) is 4.98 Å². The summed E-state index contributed by atoms with van der Waals surface area (Å²) in [5.41, 5.74) is 3.07. The quantitative estimate of drug-likeness (QED) is 0.452. The molecule has 0 unspecified atom stereocenters. The molecule has 1 N–H and O–H groups in total. The predicted molar refractivity (Wildman–Crippen MR) is 109 cm³/mol. The number of anilines is 1. The van der Waals surface area contributed by atoms with E-state index < -0.39 is 0 Å². The molecule has 0 amide bonds. The van der Waals surface area contributed by atoms with Crippen LogP contribution in [0, 0.1) is 0 Å². The SMILES string of the molecule is Clc1csc2c(NCCCc3ccccc3)nc(-c3ccncc3)nc12. The zero-order valence-corrected chi connectivity index (χ0v) is 15.6. The highest BCUT2D eigenvalue weighted by Gasteiger charge is 2.13. The van der Waals surface area contributed by atoms with Gasteiger partial charge in [0.25, 0.3) is 0 Å². The molecule has 4 aromatic rings. The second kappa shape index (κ2) is 7.81. The lowest BCUT2D eigenvalue weighted by atomic mass is 10.1. The summed E-state index contributed by atoms with van der Waals surface area (Å²) in [6.07, 6.45) is 5.54. The summed E-state index contributed by atoms with van der Waals surface area (Å²) in [5.74, 6) is 1.50. The van der Waals surface area contributed by atoms with Crippen molar-refractivity contribution in [1.82, 2.24) is 15.0 Å². The third-order valence-corrected chi connectivity index (χ3v) is 5.48. The molecule has 0 aliphatic heterocycles. The fourth-order valence-corrected chi connectivity index (χ4v) is 3.94. The van der Waals surface area contributed by atoms with Crippen molar-refractivity contribution in [2.75, 3.05) is 11.9 Å². The van der Waals surface area contributed by atoms with Crippen LogP contribution >= 0.6 is 22.9 Å². The van der Waals surface area contributed by atoms with Gasteiger partial charge in [-0.25, -0.2) is 9.97 Å². The second-order valence-electron chi connectivity index (χ2n) is 5.91. The molecule has 0 bridgehead atoms. The molecule has 4 rings (SSSR count). The molecule has 130 valence electrons. The molecular formula is C20H17ClN4S. The number of rotatable bonds is 6. The van der Waals surface area contributed by atoms with E-state index in [1.165, 1.54) is 5.56 Å². The molecule has 3 heterocycles. The number of fused-ring (bicyclic) bond motifs is 1. The van der Waals surface area contributed by atoms with Gasteiger partial charge in [0.1, 0.15) is 11.3 Å². The summed E-state index contributed by atoms with van der Waals surface area (Å²) < 4.78 is 0.993. The maximum Gasteiger partial charge on any atom is 0.162 e. The minimum absolute atomic E-state index is 0.658. The number of pyridine rings is 1. The molecule has 0 saturated heterocycles. The van der Waals surface area contributed by atoms with E-state index >= 15 is 0 Å². The van der Waals surface area contributed by atoms with E-state index in [0.717, 1.165) is 41.0 Å². The zero-order chi connectivity index (χ0) is 17.8. The van der Waals surface area contributed by atoms with E-state index in [1.807, 2.05) is 23.6 Å². The summed E-state index contributed by atoms with van der Waals surface area (Å²) in [4.78, 5) is 13.4. The van der Waals surface area contributed by atoms with Crippen LogP contribution in [0.4, 0.5) is 5.82 Å². The lowest BCUT2D eigenvalue weighted by molar-refractivity contribution is 0.860. The number of halogens is 1. The first kappa shape index (κ1) is 16.9.